The number of halogens is 2. The number of aromatic nitrogens is 1. The van der Waals surface area contributed by atoms with Crippen molar-refractivity contribution >= 4 is 15.9 Å². The fourth-order valence-corrected chi connectivity index (χ4v) is 2.11. The smallest absolute Gasteiger partial charge is 0.196 e. The summed E-state index contributed by atoms with van der Waals surface area (Å²) in [5.41, 5.74) is 0.426. The summed E-state index contributed by atoms with van der Waals surface area (Å²) in [5, 5.41) is 3.27. The van der Waals surface area contributed by atoms with Gasteiger partial charge >= 0.3 is 0 Å². The second-order valence-corrected chi connectivity index (χ2v) is 5.07. The third-order valence-electron chi connectivity index (χ3n) is 2.71. The molecule has 2 aromatic rings. The lowest BCUT2D eigenvalue weighted by Gasteiger charge is -2.01. The number of rotatable bonds is 6. The number of nitrogens with zero attached hydrogens (tertiary/aromatic N) is 1. The third kappa shape index (κ3) is 3.64. The molecule has 1 N–H and O–H groups in total. The van der Waals surface area contributed by atoms with Crippen LogP contribution in [0.3, 0.4) is 0 Å². The van der Waals surface area contributed by atoms with E-state index in [1.54, 1.807) is 24.4 Å². The van der Waals surface area contributed by atoms with E-state index in [2.05, 4.69) is 33.2 Å². The average molecular weight is 327 g/mol. The fourth-order valence-electron chi connectivity index (χ4n) is 1.74. The fraction of sp³-hybridized carbons (Fsp3) is 0.357. The Bertz CT molecular complexity index is 542. The molecular weight excluding hydrogens is 311 g/mol. The topological polar surface area (TPSA) is 38.1 Å². The first kappa shape index (κ1) is 14.2. The number of nitrogens with one attached hydrogen (secondary N) is 1. The third-order valence-corrected chi connectivity index (χ3v) is 3.33. The van der Waals surface area contributed by atoms with E-state index in [-0.39, 0.29) is 5.82 Å². The van der Waals surface area contributed by atoms with Crippen LogP contribution in [0.2, 0.25) is 0 Å². The molecule has 2 rings (SSSR count). The van der Waals surface area contributed by atoms with E-state index in [0.717, 1.165) is 19.5 Å². The Morgan fingerprint density at radius 2 is 2.21 bits per heavy atom. The molecule has 0 amide bonds. The second-order valence-electron chi connectivity index (χ2n) is 4.22. The minimum Gasteiger partial charge on any atom is -0.441 e. The Morgan fingerprint density at radius 1 is 1.37 bits per heavy atom. The first-order chi connectivity index (χ1) is 9.22. The molecule has 0 aliphatic carbocycles. The highest BCUT2D eigenvalue weighted by Crippen LogP contribution is 2.28. The molecule has 0 saturated carbocycles. The van der Waals surface area contributed by atoms with Gasteiger partial charge in [-0.3, -0.25) is 0 Å². The van der Waals surface area contributed by atoms with Crippen molar-refractivity contribution in [1.29, 1.82) is 0 Å². The van der Waals surface area contributed by atoms with E-state index in [4.69, 9.17) is 4.42 Å². The van der Waals surface area contributed by atoms with Gasteiger partial charge in [0.25, 0.3) is 0 Å². The SMILES string of the molecule is CCCNCCc1ncc(-c2cccc(Br)c2F)o1. The Hall–Kier alpha value is -1.20. The highest BCUT2D eigenvalue weighted by molar-refractivity contribution is 9.10. The standard InChI is InChI=1S/C14H16BrFN2O/c1-2-7-17-8-6-13-18-9-12(19-13)10-4-3-5-11(15)14(10)16/h3-5,9,17H,2,6-8H2,1H3. The quantitative estimate of drug-likeness (QED) is 0.821. The van der Waals surface area contributed by atoms with E-state index in [1.165, 1.54) is 0 Å². The average Bonchev–Trinajstić information content (AvgIpc) is 2.87. The van der Waals surface area contributed by atoms with Gasteiger partial charge in [0.1, 0.15) is 5.82 Å². The highest BCUT2D eigenvalue weighted by Gasteiger charge is 2.12. The molecule has 19 heavy (non-hydrogen) atoms. The van der Waals surface area contributed by atoms with Gasteiger partial charge in [0.15, 0.2) is 11.7 Å². The molecule has 0 aliphatic heterocycles. The molecule has 3 nitrogen and oxygen atoms in total. The normalized spacial score (nSPS) is 10.9. The molecule has 0 fully saturated rings. The Morgan fingerprint density at radius 3 is 3.00 bits per heavy atom. The monoisotopic (exact) mass is 326 g/mol. The van der Waals surface area contributed by atoms with Gasteiger partial charge < -0.3 is 9.73 Å². The molecule has 1 aromatic heterocycles. The van der Waals surface area contributed by atoms with E-state index in [0.29, 0.717) is 28.1 Å². The van der Waals surface area contributed by atoms with Crippen molar-refractivity contribution in [3.8, 4) is 11.3 Å². The largest absolute Gasteiger partial charge is 0.441 e. The predicted octanol–water partition coefficient (Wildman–Crippen LogP) is 3.79. The Labute approximate surface area is 120 Å². The maximum atomic E-state index is 13.9. The molecule has 1 heterocycles. The Balaban J connectivity index is 2.06. The van der Waals surface area contributed by atoms with Crippen molar-refractivity contribution in [2.75, 3.05) is 13.1 Å². The summed E-state index contributed by atoms with van der Waals surface area (Å²) in [5.74, 6) is 0.761. The van der Waals surface area contributed by atoms with Crippen LogP contribution in [0.1, 0.15) is 19.2 Å². The summed E-state index contributed by atoms with van der Waals surface area (Å²) in [6, 6.07) is 5.11. The highest BCUT2D eigenvalue weighted by atomic mass is 79.9. The van der Waals surface area contributed by atoms with Gasteiger partial charge in [-0.05, 0) is 41.0 Å². The minimum absolute atomic E-state index is 0.325. The van der Waals surface area contributed by atoms with Crippen LogP contribution in [-0.4, -0.2) is 18.1 Å². The molecule has 1 aromatic carbocycles. The van der Waals surface area contributed by atoms with Crippen molar-refractivity contribution in [3.63, 3.8) is 0 Å². The summed E-state index contributed by atoms with van der Waals surface area (Å²) >= 11 is 3.16. The van der Waals surface area contributed by atoms with E-state index in [1.807, 2.05) is 0 Å². The first-order valence-corrected chi connectivity index (χ1v) is 7.11. The molecule has 0 bridgehead atoms. The molecule has 0 unspecified atom stereocenters. The maximum Gasteiger partial charge on any atom is 0.196 e. The summed E-state index contributed by atoms with van der Waals surface area (Å²) in [6.45, 7) is 3.91. The molecular formula is C14H16BrFN2O. The van der Waals surface area contributed by atoms with Crippen molar-refractivity contribution in [2.45, 2.75) is 19.8 Å². The van der Waals surface area contributed by atoms with Gasteiger partial charge in [-0.15, -0.1) is 0 Å². The van der Waals surface area contributed by atoms with Gasteiger partial charge in [-0.1, -0.05) is 13.0 Å². The second kappa shape index (κ2) is 6.82. The minimum atomic E-state index is -0.325. The molecule has 0 spiro atoms. The number of hydrogen-bond acceptors (Lipinski definition) is 3. The van der Waals surface area contributed by atoms with Crippen LogP contribution in [0.5, 0.6) is 0 Å². The van der Waals surface area contributed by atoms with Crippen LogP contribution in [0.15, 0.2) is 33.3 Å². The van der Waals surface area contributed by atoms with Crippen LogP contribution in [-0.2, 0) is 6.42 Å². The van der Waals surface area contributed by atoms with Gasteiger partial charge in [0.05, 0.1) is 16.2 Å². The molecule has 102 valence electrons. The zero-order valence-electron chi connectivity index (χ0n) is 10.7. The summed E-state index contributed by atoms with van der Waals surface area (Å²) in [6.07, 6.45) is 3.37. The molecule has 0 aliphatic rings. The zero-order chi connectivity index (χ0) is 13.7. The molecule has 0 atom stereocenters. The van der Waals surface area contributed by atoms with Gasteiger partial charge in [0, 0.05) is 13.0 Å². The van der Waals surface area contributed by atoms with E-state index >= 15 is 0 Å². The van der Waals surface area contributed by atoms with Crippen molar-refractivity contribution < 1.29 is 8.81 Å². The summed E-state index contributed by atoms with van der Waals surface area (Å²) in [4.78, 5) is 4.17. The lowest BCUT2D eigenvalue weighted by molar-refractivity contribution is 0.491. The van der Waals surface area contributed by atoms with Crippen molar-refractivity contribution in [3.05, 3.63) is 40.6 Å². The molecule has 5 heteroatoms. The number of hydrogen-bond donors (Lipinski definition) is 1. The van der Waals surface area contributed by atoms with Gasteiger partial charge in [-0.2, -0.15) is 0 Å². The van der Waals surface area contributed by atoms with Gasteiger partial charge in [0.2, 0.25) is 0 Å². The number of benzene rings is 1. The first-order valence-electron chi connectivity index (χ1n) is 6.32. The summed E-state index contributed by atoms with van der Waals surface area (Å²) < 4.78 is 19.9. The van der Waals surface area contributed by atoms with Crippen molar-refractivity contribution in [2.24, 2.45) is 0 Å². The van der Waals surface area contributed by atoms with Crippen LogP contribution in [0.25, 0.3) is 11.3 Å². The van der Waals surface area contributed by atoms with Crippen molar-refractivity contribution in [1.82, 2.24) is 10.3 Å². The number of oxazole rings is 1. The lowest BCUT2D eigenvalue weighted by atomic mass is 10.2. The Kier molecular flexibility index (Phi) is 5.10. The maximum absolute atomic E-state index is 13.9. The predicted molar refractivity (Wildman–Crippen MR) is 76.5 cm³/mol. The van der Waals surface area contributed by atoms with E-state index < -0.39 is 0 Å². The molecule has 0 saturated heterocycles. The zero-order valence-corrected chi connectivity index (χ0v) is 12.3. The van der Waals surface area contributed by atoms with Crippen LogP contribution in [0.4, 0.5) is 4.39 Å². The van der Waals surface area contributed by atoms with E-state index in [9.17, 15) is 4.39 Å². The van der Waals surface area contributed by atoms with Crippen LogP contribution in [0, 0.1) is 5.82 Å². The molecule has 0 radical (unpaired) electrons. The lowest BCUT2D eigenvalue weighted by Crippen LogP contribution is -2.17. The summed E-state index contributed by atoms with van der Waals surface area (Å²) in [7, 11) is 0. The van der Waals surface area contributed by atoms with Gasteiger partial charge in [-0.25, -0.2) is 9.37 Å². The van der Waals surface area contributed by atoms with Crippen LogP contribution < -0.4 is 5.32 Å². The van der Waals surface area contributed by atoms with Crippen LogP contribution >= 0.6 is 15.9 Å².